The molecule has 0 bridgehead atoms. The summed E-state index contributed by atoms with van der Waals surface area (Å²) in [5.41, 5.74) is 1.33. The van der Waals surface area contributed by atoms with E-state index in [1.165, 1.54) is 5.56 Å². The maximum Gasteiger partial charge on any atom is 0.124 e. The third-order valence-electron chi connectivity index (χ3n) is 3.17. The number of likely N-dealkylation sites (tertiary alicyclic amines) is 1. The largest absolute Gasteiger partial charge is 0.303 e. The minimum Gasteiger partial charge on any atom is -0.303 e. The molecular weight excluding hydrogens is 186 g/mol. The van der Waals surface area contributed by atoms with Gasteiger partial charge in [0.25, 0.3) is 0 Å². The zero-order chi connectivity index (χ0) is 10.7. The van der Waals surface area contributed by atoms with E-state index in [1.54, 1.807) is 0 Å². The molecule has 0 aromatic heterocycles. The molecule has 2 heteroatoms. The molecule has 0 N–H and O–H groups in total. The molecule has 2 unspecified atom stereocenters. The standard InChI is InChI=1S/C13H17NO/c1-11-7-14(9-13(11)10-15)8-12-5-3-2-4-6-12/h2-6,10-11,13H,7-9H2,1H3. The smallest absolute Gasteiger partial charge is 0.124 e. The molecule has 2 rings (SSSR count). The highest BCUT2D eigenvalue weighted by molar-refractivity contribution is 5.55. The van der Waals surface area contributed by atoms with Crippen molar-refractivity contribution in [2.45, 2.75) is 13.5 Å². The number of hydrogen-bond acceptors (Lipinski definition) is 2. The lowest BCUT2D eigenvalue weighted by Gasteiger charge is -2.14. The second-order valence-corrected chi connectivity index (χ2v) is 4.46. The van der Waals surface area contributed by atoms with Gasteiger partial charge in [0.2, 0.25) is 0 Å². The van der Waals surface area contributed by atoms with Gasteiger partial charge < -0.3 is 4.79 Å². The van der Waals surface area contributed by atoms with Crippen LogP contribution < -0.4 is 0 Å². The Hall–Kier alpha value is -1.15. The predicted octanol–water partition coefficient (Wildman–Crippen LogP) is 1.95. The molecule has 0 radical (unpaired) electrons. The summed E-state index contributed by atoms with van der Waals surface area (Å²) >= 11 is 0. The average molecular weight is 203 g/mol. The number of nitrogens with zero attached hydrogens (tertiary/aromatic N) is 1. The van der Waals surface area contributed by atoms with E-state index in [0.29, 0.717) is 5.92 Å². The van der Waals surface area contributed by atoms with Crippen LogP contribution in [0.3, 0.4) is 0 Å². The third kappa shape index (κ3) is 2.45. The second-order valence-electron chi connectivity index (χ2n) is 4.46. The average Bonchev–Trinajstić information content (AvgIpc) is 2.60. The Morgan fingerprint density at radius 3 is 2.67 bits per heavy atom. The lowest BCUT2D eigenvalue weighted by molar-refractivity contribution is -0.111. The van der Waals surface area contributed by atoms with E-state index < -0.39 is 0 Å². The van der Waals surface area contributed by atoms with E-state index in [1.807, 2.05) is 6.07 Å². The van der Waals surface area contributed by atoms with E-state index in [9.17, 15) is 4.79 Å². The van der Waals surface area contributed by atoms with Crippen LogP contribution in [0, 0.1) is 11.8 Å². The number of rotatable bonds is 3. The van der Waals surface area contributed by atoms with Crippen molar-refractivity contribution in [3.05, 3.63) is 35.9 Å². The number of carbonyl (C=O) groups excluding carboxylic acids is 1. The lowest BCUT2D eigenvalue weighted by Crippen LogP contribution is -2.20. The van der Waals surface area contributed by atoms with Crippen molar-refractivity contribution in [1.82, 2.24) is 4.90 Å². The highest BCUT2D eigenvalue weighted by Gasteiger charge is 2.28. The first-order valence-corrected chi connectivity index (χ1v) is 5.51. The highest BCUT2D eigenvalue weighted by Crippen LogP contribution is 2.22. The van der Waals surface area contributed by atoms with Crippen molar-refractivity contribution in [1.29, 1.82) is 0 Å². The SMILES string of the molecule is CC1CN(Cc2ccccc2)CC1C=O. The summed E-state index contributed by atoms with van der Waals surface area (Å²) in [7, 11) is 0. The van der Waals surface area contributed by atoms with Gasteiger partial charge in [0.1, 0.15) is 6.29 Å². The van der Waals surface area contributed by atoms with Crippen LogP contribution in [-0.2, 0) is 11.3 Å². The van der Waals surface area contributed by atoms with Crippen LogP contribution in [0.4, 0.5) is 0 Å². The summed E-state index contributed by atoms with van der Waals surface area (Å²) in [5.74, 6) is 0.736. The Labute approximate surface area is 90.9 Å². The Kier molecular flexibility index (Phi) is 3.17. The summed E-state index contributed by atoms with van der Waals surface area (Å²) in [6.07, 6.45) is 1.11. The molecule has 2 atom stereocenters. The molecule has 1 aliphatic heterocycles. The van der Waals surface area contributed by atoms with Crippen LogP contribution in [-0.4, -0.2) is 24.3 Å². The van der Waals surface area contributed by atoms with Gasteiger partial charge in [-0.3, -0.25) is 4.90 Å². The number of carbonyl (C=O) groups is 1. The van der Waals surface area contributed by atoms with Crippen molar-refractivity contribution in [3.8, 4) is 0 Å². The maximum atomic E-state index is 10.8. The van der Waals surface area contributed by atoms with E-state index in [0.717, 1.165) is 25.9 Å². The maximum absolute atomic E-state index is 10.8. The Balaban J connectivity index is 1.95. The molecule has 2 nitrogen and oxygen atoms in total. The molecule has 1 heterocycles. The molecule has 0 spiro atoms. The number of benzene rings is 1. The molecule has 0 saturated carbocycles. The summed E-state index contributed by atoms with van der Waals surface area (Å²) in [5, 5.41) is 0. The summed E-state index contributed by atoms with van der Waals surface area (Å²) < 4.78 is 0. The summed E-state index contributed by atoms with van der Waals surface area (Å²) in [4.78, 5) is 13.1. The summed E-state index contributed by atoms with van der Waals surface area (Å²) in [6, 6.07) is 10.4. The molecular formula is C13H17NO. The Morgan fingerprint density at radius 2 is 2.07 bits per heavy atom. The topological polar surface area (TPSA) is 20.3 Å². The molecule has 1 aromatic carbocycles. The molecule has 80 valence electrons. The van der Waals surface area contributed by atoms with E-state index in [2.05, 4.69) is 36.1 Å². The number of hydrogen-bond donors (Lipinski definition) is 0. The molecule has 0 amide bonds. The molecule has 1 saturated heterocycles. The van der Waals surface area contributed by atoms with Crippen molar-refractivity contribution in [3.63, 3.8) is 0 Å². The van der Waals surface area contributed by atoms with Gasteiger partial charge in [0.05, 0.1) is 0 Å². The summed E-state index contributed by atoms with van der Waals surface area (Å²) in [6.45, 7) is 5.08. The molecule has 0 aliphatic carbocycles. The van der Waals surface area contributed by atoms with E-state index in [-0.39, 0.29) is 5.92 Å². The Morgan fingerprint density at radius 1 is 1.33 bits per heavy atom. The van der Waals surface area contributed by atoms with Crippen molar-refractivity contribution < 1.29 is 4.79 Å². The minimum atomic E-state index is 0.230. The molecule has 1 aliphatic rings. The van der Waals surface area contributed by atoms with E-state index in [4.69, 9.17) is 0 Å². The van der Waals surface area contributed by atoms with E-state index >= 15 is 0 Å². The predicted molar refractivity (Wildman–Crippen MR) is 60.4 cm³/mol. The monoisotopic (exact) mass is 203 g/mol. The fraction of sp³-hybridized carbons (Fsp3) is 0.462. The first-order chi connectivity index (χ1) is 7.29. The van der Waals surface area contributed by atoms with Crippen molar-refractivity contribution in [2.24, 2.45) is 11.8 Å². The normalized spacial score (nSPS) is 26.7. The van der Waals surface area contributed by atoms with Crippen LogP contribution >= 0.6 is 0 Å². The van der Waals surface area contributed by atoms with Gasteiger partial charge in [-0.25, -0.2) is 0 Å². The number of aldehydes is 1. The zero-order valence-electron chi connectivity index (χ0n) is 9.10. The molecule has 15 heavy (non-hydrogen) atoms. The van der Waals surface area contributed by atoms with Crippen LogP contribution in [0.25, 0.3) is 0 Å². The second kappa shape index (κ2) is 4.58. The molecule has 1 fully saturated rings. The zero-order valence-corrected chi connectivity index (χ0v) is 9.10. The van der Waals surface area contributed by atoms with Crippen LogP contribution in [0.1, 0.15) is 12.5 Å². The fourth-order valence-electron chi connectivity index (χ4n) is 2.24. The minimum absolute atomic E-state index is 0.230. The van der Waals surface area contributed by atoms with Gasteiger partial charge in [-0.15, -0.1) is 0 Å². The highest BCUT2D eigenvalue weighted by atomic mass is 16.1. The van der Waals surface area contributed by atoms with Crippen LogP contribution in [0.5, 0.6) is 0 Å². The molecule has 1 aromatic rings. The quantitative estimate of drug-likeness (QED) is 0.700. The van der Waals surface area contributed by atoms with Crippen LogP contribution in [0.2, 0.25) is 0 Å². The van der Waals surface area contributed by atoms with Gasteiger partial charge >= 0.3 is 0 Å². The first-order valence-electron chi connectivity index (χ1n) is 5.51. The van der Waals surface area contributed by atoms with Crippen molar-refractivity contribution in [2.75, 3.05) is 13.1 Å². The first kappa shape index (κ1) is 10.4. The van der Waals surface area contributed by atoms with Gasteiger partial charge in [0.15, 0.2) is 0 Å². The van der Waals surface area contributed by atoms with Crippen LogP contribution in [0.15, 0.2) is 30.3 Å². The van der Waals surface area contributed by atoms with Crippen molar-refractivity contribution >= 4 is 6.29 Å². The third-order valence-corrected chi connectivity index (χ3v) is 3.17. The van der Waals surface area contributed by atoms with Gasteiger partial charge in [-0.05, 0) is 11.5 Å². The van der Waals surface area contributed by atoms with Gasteiger partial charge in [-0.2, -0.15) is 0 Å². The fourth-order valence-corrected chi connectivity index (χ4v) is 2.24. The van der Waals surface area contributed by atoms with Gasteiger partial charge in [-0.1, -0.05) is 37.3 Å². The van der Waals surface area contributed by atoms with Gasteiger partial charge in [0, 0.05) is 25.6 Å². The lowest BCUT2D eigenvalue weighted by atomic mass is 10.0. The Bertz CT molecular complexity index is 323.